The minimum Gasteiger partial charge on any atom is -0.316 e. The van der Waals surface area contributed by atoms with Crippen LogP contribution in [0.1, 0.15) is 39.5 Å². The van der Waals surface area contributed by atoms with Gasteiger partial charge in [-0.1, -0.05) is 13.3 Å². The van der Waals surface area contributed by atoms with Gasteiger partial charge in [0, 0.05) is 38.8 Å². The molecule has 106 valence electrons. The van der Waals surface area contributed by atoms with Crippen LogP contribution in [0, 0.1) is 5.41 Å². The number of nitrogens with zero attached hydrogens (tertiary/aromatic N) is 2. The van der Waals surface area contributed by atoms with Crippen molar-refractivity contribution in [1.29, 1.82) is 0 Å². The van der Waals surface area contributed by atoms with E-state index >= 15 is 0 Å². The van der Waals surface area contributed by atoms with Gasteiger partial charge in [-0.25, -0.2) is 0 Å². The van der Waals surface area contributed by atoms with E-state index in [1.165, 1.54) is 65.0 Å². The fourth-order valence-electron chi connectivity index (χ4n) is 3.73. The van der Waals surface area contributed by atoms with Crippen molar-refractivity contribution in [2.24, 2.45) is 5.41 Å². The third kappa shape index (κ3) is 3.46. The molecule has 18 heavy (non-hydrogen) atoms. The highest BCUT2D eigenvalue weighted by molar-refractivity contribution is 4.90. The first-order valence-electron chi connectivity index (χ1n) is 7.78. The summed E-state index contributed by atoms with van der Waals surface area (Å²) in [5, 5.41) is 3.63. The molecule has 2 aliphatic rings. The lowest BCUT2D eigenvalue weighted by Crippen LogP contribution is -2.55. The SMILES string of the molecule is CCCC1(CN2CCN(C)C(C)C2)CCCNC1. The summed E-state index contributed by atoms with van der Waals surface area (Å²) in [5.41, 5.74) is 0.558. The number of rotatable bonds is 4. The molecule has 2 atom stereocenters. The van der Waals surface area contributed by atoms with E-state index in [9.17, 15) is 0 Å². The smallest absolute Gasteiger partial charge is 0.0192 e. The highest BCUT2D eigenvalue weighted by atomic mass is 15.3. The Morgan fingerprint density at radius 1 is 1.33 bits per heavy atom. The van der Waals surface area contributed by atoms with Gasteiger partial charge in [0.15, 0.2) is 0 Å². The van der Waals surface area contributed by atoms with Crippen LogP contribution in [0.4, 0.5) is 0 Å². The van der Waals surface area contributed by atoms with Gasteiger partial charge in [-0.05, 0) is 45.2 Å². The second kappa shape index (κ2) is 6.36. The molecular formula is C15H31N3. The van der Waals surface area contributed by atoms with E-state index in [1.54, 1.807) is 0 Å². The Morgan fingerprint density at radius 2 is 2.17 bits per heavy atom. The zero-order chi connectivity index (χ0) is 13.0. The molecule has 0 amide bonds. The molecule has 0 saturated carbocycles. The summed E-state index contributed by atoms with van der Waals surface area (Å²) in [7, 11) is 2.26. The average molecular weight is 253 g/mol. The molecule has 2 heterocycles. The van der Waals surface area contributed by atoms with Crippen molar-refractivity contribution in [2.45, 2.75) is 45.6 Å². The number of likely N-dealkylation sites (N-methyl/N-ethyl adjacent to an activating group) is 1. The van der Waals surface area contributed by atoms with E-state index in [0.29, 0.717) is 11.5 Å². The van der Waals surface area contributed by atoms with Gasteiger partial charge in [-0.15, -0.1) is 0 Å². The summed E-state index contributed by atoms with van der Waals surface area (Å²) in [6.07, 6.45) is 5.50. The molecule has 0 aromatic carbocycles. The predicted octanol–water partition coefficient (Wildman–Crippen LogP) is 1.79. The number of hydrogen-bond donors (Lipinski definition) is 1. The van der Waals surface area contributed by atoms with Crippen LogP contribution >= 0.6 is 0 Å². The van der Waals surface area contributed by atoms with E-state index in [0.717, 1.165) is 0 Å². The topological polar surface area (TPSA) is 18.5 Å². The Bertz CT molecular complexity index is 243. The molecular weight excluding hydrogens is 222 g/mol. The van der Waals surface area contributed by atoms with Gasteiger partial charge in [0.25, 0.3) is 0 Å². The molecule has 2 aliphatic heterocycles. The first-order chi connectivity index (χ1) is 8.65. The largest absolute Gasteiger partial charge is 0.316 e. The van der Waals surface area contributed by atoms with Crippen LogP contribution in [-0.2, 0) is 0 Å². The average Bonchev–Trinajstić information content (AvgIpc) is 2.35. The maximum absolute atomic E-state index is 3.63. The van der Waals surface area contributed by atoms with Crippen molar-refractivity contribution in [3.05, 3.63) is 0 Å². The van der Waals surface area contributed by atoms with Gasteiger partial charge in [0.05, 0.1) is 0 Å². The third-order valence-corrected chi connectivity index (χ3v) is 4.94. The monoisotopic (exact) mass is 253 g/mol. The molecule has 0 aromatic rings. The van der Waals surface area contributed by atoms with E-state index in [1.807, 2.05) is 0 Å². The summed E-state index contributed by atoms with van der Waals surface area (Å²) >= 11 is 0. The van der Waals surface area contributed by atoms with Gasteiger partial charge in [-0.3, -0.25) is 4.90 Å². The van der Waals surface area contributed by atoms with Crippen LogP contribution in [0.15, 0.2) is 0 Å². The summed E-state index contributed by atoms with van der Waals surface area (Å²) < 4.78 is 0. The molecule has 2 rings (SSSR count). The fraction of sp³-hybridized carbons (Fsp3) is 1.00. The number of hydrogen-bond acceptors (Lipinski definition) is 3. The van der Waals surface area contributed by atoms with Crippen molar-refractivity contribution in [3.8, 4) is 0 Å². The Morgan fingerprint density at radius 3 is 2.78 bits per heavy atom. The second-order valence-corrected chi connectivity index (χ2v) is 6.60. The first kappa shape index (κ1) is 14.3. The van der Waals surface area contributed by atoms with E-state index < -0.39 is 0 Å². The molecule has 2 saturated heterocycles. The van der Waals surface area contributed by atoms with Crippen LogP contribution in [0.25, 0.3) is 0 Å². The molecule has 0 spiro atoms. The summed E-state index contributed by atoms with van der Waals surface area (Å²) in [4.78, 5) is 5.20. The molecule has 0 aromatic heterocycles. The van der Waals surface area contributed by atoms with Crippen molar-refractivity contribution in [2.75, 3.05) is 46.3 Å². The van der Waals surface area contributed by atoms with Crippen LogP contribution in [-0.4, -0.2) is 62.2 Å². The van der Waals surface area contributed by atoms with Crippen molar-refractivity contribution in [1.82, 2.24) is 15.1 Å². The van der Waals surface area contributed by atoms with Crippen molar-refractivity contribution in [3.63, 3.8) is 0 Å². The molecule has 1 N–H and O–H groups in total. The highest BCUT2D eigenvalue weighted by Crippen LogP contribution is 2.33. The Kier molecular flexibility index (Phi) is 5.05. The molecule has 3 heteroatoms. The lowest BCUT2D eigenvalue weighted by molar-refractivity contribution is 0.0484. The van der Waals surface area contributed by atoms with Gasteiger partial charge >= 0.3 is 0 Å². The van der Waals surface area contributed by atoms with Crippen LogP contribution < -0.4 is 5.32 Å². The fourth-order valence-corrected chi connectivity index (χ4v) is 3.73. The normalized spacial score (nSPS) is 35.8. The van der Waals surface area contributed by atoms with Crippen LogP contribution in [0.5, 0.6) is 0 Å². The summed E-state index contributed by atoms with van der Waals surface area (Å²) in [5.74, 6) is 0. The predicted molar refractivity (Wildman–Crippen MR) is 78.0 cm³/mol. The summed E-state index contributed by atoms with van der Waals surface area (Å²) in [6.45, 7) is 12.2. The molecule has 3 nitrogen and oxygen atoms in total. The Labute approximate surface area is 113 Å². The maximum Gasteiger partial charge on any atom is 0.0192 e. The molecule has 0 aliphatic carbocycles. The Balaban J connectivity index is 1.92. The van der Waals surface area contributed by atoms with Crippen molar-refractivity contribution >= 4 is 0 Å². The number of piperazine rings is 1. The molecule has 2 fully saturated rings. The lowest BCUT2D eigenvalue weighted by atomic mass is 9.76. The second-order valence-electron chi connectivity index (χ2n) is 6.60. The van der Waals surface area contributed by atoms with Crippen LogP contribution in [0.2, 0.25) is 0 Å². The zero-order valence-electron chi connectivity index (χ0n) is 12.5. The van der Waals surface area contributed by atoms with Gasteiger partial charge in [0.2, 0.25) is 0 Å². The van der Waals surface area contributed by atoms with Gasteiger partial charge in [0.1, 0.15) is 0 Å². The van der Waals surface area contributed by atoms with Gasteiger partial charge < -0.3 is 10.2 Å². The van der Waals surface area contributed by atoms with Crippen LogP contribution in [0.3, 0.4) is 0 Å². The van der Waals surface area contributed by atoms with E-state index in [4.69, 9.17) is 0 Å². The maximum atomic E-state index is 3.63. The first-order valence-corrected chi connectivity index (χ1v) is 7.78. The standard InChI is InChI=1S/C15H31N3/c1-4-6-15(7-5-8-16-12-15)13-18-10-9-17(3)14(2)11-18/h14,16H,4-13H2,1-3H3. The molecule has 0 bridgehead atoms. The van der Waals surface area contributed by atoms with E-state index in [2.05, 4.69) is 36.0 Å². The molecule has 0 radical (unpaired) electrons. The zero-order valence-corrected chi connectivity index (χ0v) is 12.5. The van der Waals surface area contributed by atoms with Crippen molar-refractivity contribution < 1.29 is 0 Å². The minimum absolute atomic E-state index is 0.558. The van der Waals surface area contributed by atoms with E-state index in [-0.39, 0.29) is 0 Å². The number of nitrogens with one attached hydrogen (secondary N) is 1. The quantitative estimate of drug-likeness (QED) is 0.824. The Hall–Kier alpha value is -0.120. The highest BCUT2D eigenvalue weighted by Gasteiger charge is 2.34. The number of piperidine rings is 1. The molecule has 2 unspecified atom stereocenters. The third-order valence-electron chi connectivity index (χ3n) is 4.94. The van der Waals surface area contributed by atoms with Gasteiger partial charge in [-0.2, -0.15) is 0 Å². The summed E-state index contributed by atoms with van der Waals surface area (Å²) in [6, 6.07) is 0.717. The minimum atomic E-state index is 0.558. The lowest BCUT2D eigenvalue weighted by Gasteiger charge is -2.45.